The molecule has 156 valence electrons. The molecule has 2 amide bonds. The van der Waals surface area contributed by atoms with Gasteiger partial charge in [0.25, 0.3) is 0 Å². The van der Waals surface area contributed by atoms with Crippen molar-refractivity contribution in [2.45, 2.75) is 53.1 Å². The molecule has 0 atom stereocenters. The number of imide groups is 1. The van der Waals surface area contributed by atoms with Crippen LogP contribution in [-0.2, 0) is 22.7 Å². The minimum atomic E-state index is -0.902. The van der Waals surface area contributed by atoms with Crippen LogP contribution >= 0.6 is 0 Å². The van der Waals surface area contributed by atoms with Gasteiger partial charge in [0.05, 0.1) is 12.2 Å². The van der Waals surface area contributed by atoms with Crippen LogP contribution < -0.4 is 14.8 Å². The third-order valence-corrected chi connectivity index (χ3v) is 3.55. The van der Waals surface area contributed by atoms with Crippen molar-refractivity contribution in [2.24, 2.45) is 0 Å². The largest absolute Gasteiger partial charge is 0.491 e. The number of nitrogens with one attached hydrogen (secondary N) is 1. The minimum absolute atomic E-state index is 0.0247. The number of hydrogen-bond acceptors (Lipinski definition) is 6. The van der Waals surface area contributed by atoms with Gasteiger partial charge in [-0.05, 0) is 45.4 Å². The number of alkyl carbamates (subject to hydrolysis) is 2. The predicted octanol–water partition coefficient (Wildman–Crippen LogP) is 4.82. The Morgan fingerprint density at radius 3 is 2.07 bits per heavy atom. The van der Waals surface area contributed by atoms with Crippen LogP contribution in [0.25, 0.3) is 0 Å². The van der Waals surface area contributed by atoms with Crippen molar-refractivity contribution in [2.75, 3.05) is 0 Å². The topological polar surface area (TPSA) is 83.1 Å². The molecule has 0 unspecified atom stereocenters. The van der Waals surface area contributed by atoms with Crippen LogP contribution in [0, 0.1) is 0 Å². The van der Waals surface area contributed by atoms with E-state index in [2.05, 4.69) is 0 Å². The van der Waals surface area contributed by atoms with Gasteiger partial charge >= 0.3 is 12.2 Å². The van der Waals surface area contributed by atoms with Gasteiger partial charge in [-0.3, -0.25) is 0 Å². The van der Waals surface area contributed by atoms with Gasteiger partial charge in [-0.25, -0.2) is 14.9 Å². The summed E-state index contributed by atoms with van der Waals surface area (Å²) in [6.45, 7) is 7.65. The molecule has 0 saturated carbocycles. The Balaban J connectivity index is 1.88. The van der Waals surface area contributed by atoms with Crippen molar-refractivity contribution >= 4 is 12.2 Å². The zero-order valence-corrected chi connectivity index (χ0v) is 17.1. The number of carbonyl (C=O) groups is 2. The predicted molar refractivity (Wildman–Crippen MR) is 108 cm³/mol. The van der Waals surface area contributed by atoms with Crippen LogP contribution in [0.2, 0.25) is 0 Å². The molecule has 0 aliphatic carbocycles. The summed E-state index contributed by atoms with van der Waals surface area (Å²) in [6.07, 6.45) is -1.82. The minimum Gasteiger partial charge on any atom is -0.491 e. The van der Waals surface area contributed by atoms with Gasteiger partial charge < -0.3 is 18.9 Å². The molecular formula is C22H27NO6. The van der Waals surface area contributed by atoms with Gasteiger partial charge in [0.15, 0.2) is 0 Å². The average molecular weight is 401 g/mol. The number of benzene rings is 2. The number of carbonyl (C=O) groups excluding carboxylic acids is 2. The van der Waals surface area contributed by atoms with Crippen molar-refractivity contribution in [1.82, 2.24) is 5.32 Å². The van der Waals surface area contributed by atoms with Crippen LogP contribution in [0.1, 0.15) is 38.8 Å². The lowest BCUT2D eigenvalue weighted by molar-refractivity contribution is 0.116. The van der Waals surface area contributed by atoms with E-state index in [0.717, 1.165) is 5.56 Å². The molecular weight excluding hydrogens is 374 g/mol. The summed E-state index contributed by atoms with van der Waals surface area (Å²) >= 11 is 0. The van der Waals surface area contributed by atoms with Crippen LogP contribution in [0.4, 0.5) is 9.59 Å². The Kier molecular flexibility index (Phi) is 8.33. The summed E-state index contributed by atoms with van der Waals surface area (Å²) in [5, 5.41) is 2.03. The molecule has 2 rings (SSSR count). The normalized spacial score (nSPS) is 10.6. The second-order valence-corrected chi connectivity index (χ2v) is 6.87. The quantitative estimate of drug-likeness (QED) is 0.682. The third kappa shape index (κ3) is 8.13. The van der Waals surface area contributed by atoms with Crippen molar-refractivity contribution < 1.29 is 28.5 Å². The molecule has 0 aliphatic heterocycles. The van der Waals surface area contributed by atoms with Gasteiger partial charge in [0.2, 0.25) is 0 Å². The van der Waals surface area contributed by atoms with Gasteiger partial charge in [-0.2, -0.15) is 0 Å². The van der Waals surface area contributed by atoms with Crippen LogP contribution in [-0.4, -0.2) is 24.4 Å². The van der Waals surface area contributed by atoms with Crippen molar-refractivity contribution in [3.05, 3.63) is 59.7 Å². The monoisotopic (exact) mass is 401 g/mol. The Bertz CT molecular complexity index is 804. The average Bonchev–Trinajstić information content (AvgIpc) is 2.65. The van der Waals surface area contributed by atoms with Crippen molar-refractivity contribution in [1.29, 1.82) is 0 Å². The number of amides is 2. The molecule has 0 saturated heterocycles. The van der Waals surface area contributed by atoms with Crippen LogP contribution in [0.5, 0.6) is 11.5 Å². The van der Waals surface area contributed by atoms with E-state index < -0.39 is 12.2 Å². The van der Waals surface area contributed by atoms with E-state index in [9.17, 15) is 9.59 Å². The second-order valence-electron chi connectivity index (χ2n) is 6.87. The summed E-state index contributed by atoms with van der Waals surface area (Å²) in [7, 11) is 0. The molecule has 0 aromatic heterocycles. The fourth-order valence-corrected chi connectivity index (χ4v) is 2.39. The van der Waals surface area contributed by atoms with Gasteiger partial charge in [-0.1, -0.05) is 30.3 Å². The van der Waals surface area contributed by atoms with E-state index in [-0.39, 0.29) is 25.4 Å². The number of hydrogen-bond donors (Lipinski definition) is 1. The maximum atomic E-state index is 11.9. The first-order valence-electron chi connectivity index (χ1n) is 9.44. The lowest BCUT2D eigenvalue weighted by Crippen LogP contribution is -2.31. The van der Waals surface area contributed by atoms with Crippen LogP contribution in [0.3, 0.4) is 0 Å². The Morgan fingerprint density at radius 1 is 0.828 bits per heavy atom. The maximum Gasteiger partial charge on any atom is 0.416 e. The highest BCUT2D eigenvalue weighted by Gasteiger charge is 2.14. The van der Waals surface area contributed by atoms with Gasteiger partial charge in [-0.15, -0.1) is 0 Å². The van der Waals surface area contributed by atoms with E-state index in [1.165, 1.54) is 0 Å². The van der Waals surface area contributed by atoms with Crippen molar-refractivity contribution in [3.63, 3.8) is 0 Å². The van der Waals surface area contributed by atoms with E-state index in [4.69, 9.17) is 18.9 Å². The summed E-state index contributed by atoms with van der Waals surface area (Å²) < 4.78 is 21.6. The molecule has 1 N–H and O–H groups in total. The number of rotatable bonds is 8. The molecule has 0 aliphatic rings. The fourth-order valence-electron chi connectivity index (χ4n) is 2.39. The Morgan fingerprint density at radius 2 is 1.45 bits per heavy atom. The molecule has 0 heterocycles. The molecule has 0 radical (unpaired) electrons. The SMILES string of the molecule is CC(C)Oc1ccc(COC(=O)NC(=O)OCc2ccccc2)c(OC(C)C)c1. The number of ether oxygens (including phenoxy) is 4. The second kappa shape index (κ2) is 10.9. The Hall–Kier alpha value is -3.22. The lowest BCUT2D eigenvalue weighted by atomic mass is 10.2. The third-order valence-electron chi connectivity index (χ3n) is 3.55. The summed E-state index contributed by atoms with van der Waals surface area (Å²) in [5.74, 6) is 1.21. The van der Waals surface area contributed by atoms with Gasteiger partial charge in [0, 0.05) is 11.6 Å². The van der Waals surface area contributed by atoms with Crippen molar-refractivity contribution in [3.8, 4) is 11.5 Å². The molecule has 0 spiro atoms. The molecule has 2 aromatic carbocycles. The first-order valence-corrected chi connectivity index (χ1v) is 9.44. The molecule has 29 heavy (non-hydrogen) atoms. The summed E-state index contributed by atoms with van der Waals surface area (Å²) in [4.78, 5) is 23.6. The Labute approximate surface area is 170 Å². The first kappa shape index (κ1) is 22.1. The first-order chi connectivity index (χ1) is 13.8. The van der Waals surface area contributed by atoms with E-state index in [1.54, 1.807) is 18.2 Å². The molecule has 0 fully saturated rings. The molecule has 0 bridgehead atoms. The molecule has 7 nitrogen and oxygen atoms in total. The smallest absolute Gasteiger partial charge is 0.416 e. The zero-order chi connectivity index (χ0) is 21.2. The highest BCUT2D eigenvalue weighted by molar-refractivity contribution is 5.87. The van der Waals surface area contributed by atoms with Crippen LogP contribution in [0.15, 0.2) is 48.5 Å². The molecule has 7 heteroatoms. The fraction of sp³-hybridized carbons (Fsp3) is 0.364. The van der Waals surface area contributed by atoms with E-state index in [0.29, 0.717) is 17.1 Å². The summed E-state index contributed by atoms with van der Waals surface area (Å²) in [5.41, 5.74) is 1.47. The molecule has 2 aromatic rings. The van der Waals surface area contributed by atoms with E-state index in [1.807, 2.05) is 63.3 Å². The van der Waals surface area contributed by atoms with E-state index >= 15 is 0 Å². The standard InChI is InChI=1S/C22H27NO6/c1-15(2)28-19-11-10-18(20(12-19)29-16(3)4)14-27-22(25)23-21(24)26-13-17-8-6-5-7-9-17/h5-12,15-16H,13-14H2,1-4H3,(H,23,24,25). The zero-order valence-electron chi connectivity index (χ0n) is 17.1. The van der Waals surface area contributed by atoms with Gasteiger partial charge in [0.1, 0.15) is 24.7 Å². The highest BCUT2D eigenvalue weighted by Crippen LogP contribution is 2.27. The summed E-state index contributed by atoms with van der Waals surface area (Å²) in [6, 6.07) is 14.4. The maximum absolute atomic E-state index is 11.9. The lowest BCUT2D eigenvalue weighted by Gasteiger charge is -2.17. The highest BCUT2D eigenvalue weighted by atomic mass is 16.6.